The molecule has 1 aromatic carbocycles. The van der Waals surface area contributed by atoms with Crippen molar-refractivity contribution in [3.05, 3.63) is 39.8 Å². The Bertz CT molecular complexity index is 403. The van der Waals surface area contributed by atoms with Crippen molar-refractivity contribution in [1.82, 2.24) is 0 Å². The maximum absolute atomic E-state index is 13.2. The lowest BCUT2D eigenvalue weighted by atomic mass is 10.1. The Labute approximate surface area is 85.1 Å². The third-order valence-electron chi connectivity index (χ3n) is 1.83. The average Bonchev–Trinajstić information content (AvgIpc) is 2.17. The van der Waals surface area contributed by atoms with Gasteiger partial charge in [0.15, 0.2) is 11.6 Å². The molecule has 0 atom stereocenters. The molecule has 0 aromatic heterocycles. The Morgan fingerprint density at radius 3 is 2.80 bits per heavy atom. The molecule has 0 fully saturated rings. The van der Waals surface area contributed by atoms with Gasteiger partial charge in [-0.1, -0.05) is 5.11 Å². The second-order valence-electron chi connectivity index (χ2n) is 2.78. The van der Waals surface area contributed by atoms with Gasteiger partial charge in [-0.25, -0.2) is 8.78 Å². The van der Waals surface area contributed by atoms with E-state index in [1.54, 1.807) is 0 Å². The summed E-state index contributed by atoms with van der Waals surface area (Å²) in [5.74, 6) is -1.44. The van der Waals surface area contributed by atoms with E-state index in [0.717, 1.165) is 12.1 Å². The van der Waals surface area contributed by atoms with Crippen LogP contribution in [-0.4, -0.2) is 13.7 Å². The minimum absolute atomic E-state index is 0.00969. The molecule has 0 aliphatic carbocycles. The zero-order chi connectivity index (χ0) is 11.3. The maximum Gasteiger partial charge on any atom is 0.168 e. The zero-order valence-corrected chi connectivity index (χ0v) is 8.07. The van der Waals surface area contributed by atoms with Gasteiger partial charge in [0.25, 0.3) is 0 Å². The fourth-order valence-electron chi connectivity index (χ4n) is 1.24. The summed E-state index contributed by atoms with van der Waals surface area (Å²) >= 11 is 0. The van der Waals surface area contributed by atoms with E-state index in [-0.39, 0.29) is 18.7 Å². The molecular weight excluding hydrogens is 204 g/mol. The highest BCUT2D eigenvalue weighted by atomic mass is 19.1. The van der Waals surface area contributed by atoms with E-state index >= 15 is 0 Å². The summed E-state index contributed by atoms with van der Waals surface area (Å²) in [5, 5.41) is 3.28. The molecule has 6 heteroatoms. The van der Waals surface area contributed by atoms with Gasteiger partial charge >= 0.3 is 0 Å². The SMILES string of the molecule is COc1c(F)cc(F)cc1CCN=[N+]=[N-]. The fourth-order valence-corrected chi connectivity index (χ4v) is 1.24. The summed E-state index contributed by atoms with van der Waals surface area (Å²) < 4.78 is 30.8. The average molecular weight is 213 g/mol. The van der Waals surface area contributed by atoms with Gasteiger partial charge in [-0.15, -0.1) is 0 Å². The van der Waals surface area contributed by atoms with Crippen LogP contribution in [0, 0.1) is 11.6 Å². The topological polar surface area (TPSA) is 58.0 Å². The van der Waals surface area contributed by atoms with Gasteiger partial charge < -0.3 is 4.74 Å². The van der Waals surface area contributed by atoms with Crippen LogP contribution in [0.2, 0.25) is 0 Å². The smallest absolute Gasteiger partial charge is 0.168 e. The molecule has 0 heterocycles. The Balaban J connectivity index is 2.98. The van der Waals surface area contributed by atoms with Gasteiger partial charge in [-0.05, 0) is 18.0 Å². The van der Waals surface area contributed by atoms with E-state index in [9.17, 15) is 8.78 Å². The van der Waals surface area contributed by atoms with Crippen LogP contribution in [0.3, 0.4) is 0 Å². The van der Waals surface area contributed by atoms with E-state index < -0.39 is 11.6 Å². The first-order valence-electron chi connectivity index (χ1n) is 4.21. The van der Waals surface area contributed by atoms with Crippen molar-refractivity contribution >= 4 is 0 Å². The Morgan fingerprint density at radius 2 is 2.20 bits per heavy atom. The van der Waals surface area contributed by atoms with Crippen LogP contribution in [0.1, 0.15) is 5.56 Å². The van der Waals surface area contributed by atoms with Crippen molar-refractivity contribution in [2.24, 2.45) is 5.11 Å². The van der Waals surface area contributed by atoms with Gasteiger partial charge in [0.2, 0.25) is 0 Å². The largest absolute Gasteiger partial charge is 0.493 e. The number of hydrogen-bond acceptors (Lipinski definition) is 2. The lowest BCUT2D eigenvalue weighted by Gasteiger charge is -2.08. The molecule has 0 spiro atoms. The van der Waals surface area contributed by atoms with Crippen LogP contribution in [0.15, 0.2) is 17.2 Å². The first-order valence-corrected chi connectivity index (χ1v) is 4.21. The molecule has 0 radical (unpaired) electrons. The zero-order valence-electron chi connectivity index (χ0n) is 8.07. The lowest BCUT2D eigenvalue weighted by Crippen LogP contribution is -1.98. The molecule has 0 amide bonds. The van der Waals surface area contributed by atoms with Crippen LogP contribution in [0.5, 0.6) is 5.75 Å². The standard InChI is InChI=1S/C9H9F2N3O/c1-15-9-6(2-3-13-14-12)4-7(10)5-8(9)11/h4-5H,2-3H2,1H3. The number of ether oxygens (including phenoxy) is 1. The minimum Gasteiger partial charge on any atom is -0.493 e. The molecule has 1 aromatic rings. The Kier molecular flexibility index (Phi) is 3.88. The summed E-state index contributed by atoms with van der Waals surface area (Å²) in [5.41, 5.74) is 8.41. The van der Waals surface area contributed by atoms with Gasteiger partial charge in [-0.2, -0.15) is 0 Å². The van der Waals surface area contributed by atoms with E-state index in [1.807, 2.05) is 0 Å². The predicted molar refractivity (Wildman–Crippen MR) is 50.6 cm³/mol. The van der Waals surface area contributed by atoms with E-state index in [1.165, 1.54) is 7.11 Å². The molecule has 0 N–H and O–H groups in total. The quantitative estimate of drug-likeness (QED) is 0.431. The van der Waals surface area contributed by atoms with Gasteiger partial charge in [0.05, 0.1) is 7.11 Å². The van der Waals surface area contributed by atoms with Crippen LogP contribution < -0.4 is 4.74 Å². The minimum atomic E-state index is -0.756. The van der Waals surface area contributed by atoms with E-state index in [2.05, 4.69) is 10.0 Å². The highest BCUT2D eigenvalue weighted by Crippen LogP contribution is 2.24. The first-order chi connectivity index (χ1) is 7.19. The van der Waals surface area contributed by atoms with Crippen molar-refractivity contribution in [2.75, 3.05) is 13.7 Å². The highest BCUT2D eigenvalue weighted by molar-refractivity contribution is 5.35. The molecular formula is C9H9F2N3O. The number of nitrogens with zero attached hydrogens (tertiary/aromatic N) is 3. The number of halogens is 2. The van der Waals surface area contributed by atoms with Crippen LogP contribution in [0.25, 0.3) is 10.4 Å². The molecule has 4 nitrogen and oxygen atoms in total. The molecule has 1 rings (SSSR count). The summed E-state index contributed by atoms with van der Waals surface area (Å²) in [6.45, 7) is 0.135. The van der Waals surface area contributed by atoms with Crippen molar-refractivity contribution in [1.29, 1.82) is 0 Å². The number of benzene rings is 1. The van der Waals surface area contributed by atoms with Crippen molar-refractivity contribution in [3.63, 3.8) is 0 Å². The lowest BCUT2D eigenvalue weighted by molar-refractivity contribution is 0.379. The van der Waals surface area contributed by atoms with E-state index in [4.69, 9.17) is 10.3 Å². The number of azide groups is 1. The second-order valence-corrected chi connectivity index (χ2v) is 2.78. The second kappa shape index (κ2) is 5.17. The first kappa shape index (κ1) is 11.3. The molecule has 0 unspecified atom stereocenters. The van der Waals surface area contributed by atoms with Crippen LogP contribution >= 0.6 is 0 Å². The third-order valence-corrected chi connectivity index (χ3v) is 1.83. The van der Waals surface area contributed by atoms with E-state index in [0.29, 0.717) is 5.56 Å². The summed E-state index contributed by atoms with van der Waals surface area (Å²) in [6.07, 6.45) is 0.238. The number of hydrogen-bond donors (Lipinski definition) is 0. The monoisotopic (exact) mass is 213 g/mol. The van der Waals surface area contributed by atoms with Gasteiger partial charge in [-0.3, -0.25) is 0 Å². The van der Waals surface area contributed by atoms with Crippen LogP contribution in [0.4, 0.5) is 8.78 Å². The molecule has 0 aliphatic rings. The van der Waals surface area contributed by atoms with Crippen molar-refractivity contribution < 1.29 is 13.5 Å². The predicted octanol–water partition coefficient (Wildman–Crippen LogP) is 2.83. The van der Waals surface area contributed by atoms with Gasteiger partial charge in [0.1, 0.15) is 5.82 Å². The Morgan fingerprint density at radius 1 is 1.47 bits per heavy atom. The number of rotatable bonds is 4. The maximum atomic E-state index is 13.2. The normalized spacial score (nSPS) is 9.53. The molecule has 0 bridgehead atoms. The molecule has 15 heavy (non-hydrogen) atoms. The Hall–Kier alpha value is -1.81. The fraction of sp³-hybridized carbons (Fsp3) is 0.333. The van der Waals surface area contributed by atoms with Crippen molar-refractivity contribution in [2.45, 2.75) is 6.42 Å². The molecule has 0 aliphatic heterocycles. The van der Waals surface area contributed by atoms with Crippen molar-refractivity contribution in [3.8, 4) is 5.75 Å². The van der Waals surface area contributed by atoms with Gasteiger partial charge in [0, 0.05) is 23.1 Å². The highest BCUT2D eigenvalue weighted by Gasteiger charge is 2.10. The molecule has 0 saturated carbocycles. The summed E-state index contributed by atoms with van der Waals surface area (Å²) in [7, 11) is 1.30. The summed E-state index contributed by atoms with van der Waals surface area (Å²) in [6, 6.07) is 1.91. The third kappa shape index (κ3) is 2.82. The van der Waals surface area contributed by atoms with Crippen LogP contribution in [-0.2, 0) is 6.42 Å². The molecule has 0 saturated heterocycles. The summed E-state index contributed by atoms with van der Waals surface area (Å²) in [4.78, 5) is 2.55. The number of methoxy groups -OCH3 is 1. The molecule has 80 valence electrons.